The zero-order chi connectivity index (χ0) is 14.8. The lowest BCUT2D eigenvalue weighted by atomic mass is 10.2. The van der Waals surface area contributed by atoms with Crippen LogP contribution in [0.3, 0.4) is 0 Å². The highest BCUT2D eigenvalue weighted by atomic mass is 32.2. The van der Waals surface area contributed by atoms with Crippen LogP contribution in [0.2, 0.25) is 0 Å². The summed E-state index contributed by atoms with van der Waals surface area (Å²) in [6.45, 7) is 2.69. The molecule has 1 aliphatic rings. The normalized spacial score (nSPS) is 22.9. The molecule has 2 atom stereocenters. The van der Waals surface area contributed by atoms with Crippen molar-refractivity contribution in [3.05, 3.63) is 28.7 Å². The van der Waals surface area contributed by atoms with E-state index in [4.69, 9.17) is 0 Å². The fraction of sp³-hybridized carbons (Fsp3) is 0.643. The number of hydrogen-bond donors (Lipinski definition) is 1. The minimum Gasteiger partial charge on any atom is -0.380 e. The molecule has 1 N–H and O–H groups in total. The molecule has 1 aromatic rings. The molecule has 20 heavy (non-hydrogen) atoms. The van der Waals surface area contributed by atoms with Crippen molar-refractivity contribution < 1.29 is 8.42 Å². The molecule has 0 amide bonds. The van der Waals surface area contributed by atoms with Crippen LogP contribution in [-0.2, 0) is 16.4 Å². The number of anilines is 1. The Bertz CT molecular complexity index is 622. The molecule has 0 radical (unpaired) electrons. The third kappa shape index (κ3) is 3.42. The lowest BCUT2D eigenvalue weighted by molar-refractivity contribution is 0.579. The molecule has 0 aromatic carbocycles. The zero-order valence-electron chi connectivity index (χ0n) is 12.0. The van der Waals surface area contributed by atoms with Crippen molar-refractivity contribution in [2.45, 2.75) is 50.4 Å². The van der Waals surface area contributed by atoms with Gasteiger partial charge in [-0.05, 0) is 31.7 Å². The molecular weight excluding hydrogens is 276 g/mol. The first-order valence-corrected chi connectivity index (χ1v) is 9.03. The Morgan fingerprint density at radius 1 is 1.35 bits per heavy atom. The summed E-state index contributed by atoms with van der Waals surface area (Å²) in [5.41, 5.74) is 0.794. The SMILES string of the molecule is CCCn1cc(NC2CCCC2S(C)(=O)=O)ccc1=O. The van der Waals surface area contributed by atoms with Crippen molar-refractivity contribution in [3.63, 3.8) is 0 Å². The topological polar surface area (TPSA) is 68.2 Å². The van der Waals surface area contributed by atoms with Crippen molar-refractivity contribution in [3.8, 4) is 0 Å². The summed E-state index contributed by atoms with van der Waals surface area (Å²) in [5, 5.41) is 2.96. The summed E-state index contributed by atoms with van der Waals surface area (Å²) in [4.78, 5) is 11.7. The maximum atomic E-state index is 11.8. The molecule has 2 unspecified atom stereocenters. The first kappa shape index (κ1) is 15.1. The van der Waals surface area contributed by atoms with E-state index in [1.54, 1.807) is 16.8 Å². The van der Waals surface area contributed by atoms with Gasteiger partial charge in [-0.25, -0.2) is 8.42 Å². The molecule has 1 heterocycles. The highest BCUT2D eigenvalue weighted by Crippen LogP contribution is 2.27. The first-order chi connectivity index (χ1) is 9.41. The van der Waals surface area contributed by atoms with E-state index < -0.39 is 9.84 Å². The summed E-state index contributed by atoms with van der Waals surface area (Å²) < 4.78 is 25.2. The Balaban J connectivity index is 2.17. The quantitative estimate of drug-likeness (QED) is 0.897. The van der Waals surface area contributed by atoms with Gasteiger partial charge in [-0.1, -0.05) is 6.92 Å². The summed E-state index contributed by atoms with van der Waals surface area (Å²) >= 11 is 0. The van der Waals surface area contributed by atoms with Crippen molar-refractivity contribution in [2.75, 3.05) is 11.6 Å². The second kappa shape index (κ2) is 5.99. The van der Waals surface area contributed by atoms with E-state index in [-0.39, 0.29) is 16.9 Å². The number of nitrogens with one attached hydrogen (secondary N) is 1. The highest BCUT2D eigenvalue weighted by Gasteiger charge is 2.34. The van der Waals surface area contributed by atoms with Gasteiger partial charge in [0.1, 0.15) is 0 Å². The molecule has 2 rings (SSSR count). The minimum absolute atomic E-state index is 0.0246. The summed E-state index contributed by atoms with van der Waals surface area (Å²) in [7, 11) is -3.03. The average molecular weight is 298 g/mol. The fourth-order valence-corrected chi connectivity index (χ4v) is 4.25. The Kier molecular flexibility index (Phi) is 4.52. The molecule has 6 heteroatoms. The minimum atomic E-state index is -3.03. The van der Waals surface area contributed by atoms with Crippen LogP contribution in [0.5, 0.6) is 0 Å². The smallest absolute Gasteiger partial charge is 0.250 e. The molecule has 0 bridgehead atoms. The monoisotopic (exact) mass is 298 g/mol. The van der Waals surface area contributed by atoms with Crippen LogP contribution in [0.4, 0.5) is 5.69 Å². The summed E-state index contributed by atoms with van der Waals surface area (Å²) in [6.07, 6.45) is 6.46. The third-order valence-electron chi connectivity index (χ3n) is 3.80. The largest absolute Gasteiger partial charge is 0.380 e. The summed E-state index contributed by atoms with van der Waals surface area (Å²) in [5.74, 6) is 0. The number of rotatable bonds is 5. The lowest BCUT2D eigenvalue weighted by Crippen LogP contribution is -2.34. The standard InChI is InChI=1S/C14H22N2O3S/c1-3-9-16-10-11(7-8-14(16)17)15-12-5-4-6-13(12)20(2,18)19/h7-8,10,12-13,15H,3-6,9H2,1-2H3. The third-order valence-corrected chi connectivity index (χ3v) is 5.47. The van der Waals surface area contributed by atoms with Gasteiger partial charge in [0.15, 0.2) is 9.84 Å². The van der Waals surface area contributed by atoms with E-state index >= 15 is 0 Å². The molecule has 5 nitrogen and oxygen atoms in total. The average Bonchev–Trinajstić information content (AvgIpc) is 2.82. The van der Waals surface area contributed by atoms with E-state index in [2.05, 4.69) is 5.32 Å². The van der Waals surface area contributed by atoms with Crippen LogP contribution in [0.15, 0.2) is 23.1 Å². The molecule has 112 valence electrons. The molecule has 1 saturated carbocycles. The number of aryl methyl sites for hydroxylation is 1. The van der Waals surface area contributed by atoms with Gasteiger partial charge in [-0.3, -0.25) is 4.79 Å². The van der Waals surface area contributed by atoms with Gasteiger partial charge in [0.2, 0.25) is 0 Å². The first-order valence-electron chi connectivity index (χ1n) is 7.07. The fourth-order valence-electron chi connectivity index (χ4n) is 2.85. The molecule has 1 aliphatic carbocycles. The molecule has 0 spiro atoms. The van der Waals surface area contributed by atoms with Crippen LogP contribution in [-0.4, -0.2) is 30.5 Å². The Morgan fingerprint density at radius 2 is 2.10 bits per heavy atom. The van der Waals surface area contributed by atoms with Crippen LogP contribution < -0.4 is 10.9 Å². The van der Waals surface area contributed by atoms with Gasteiger partial charge >= 0.3 is 0 Å². The van der Waals surface area contributed by atoms with Crippen LogP contribution in [0.1, 0.15) is 32.6 Å². The number of sulfone groups is 1. The maximum Gasteiger partial charge on any atom is 0.250 e. The van der Waals surface area contributed by atoms with Crippen LogP contribution in [0.25, 0.3) is 0 Å². The Labute approximate surface area is 119 Å². The van der Waals surface area contributed by atoms with Gasteiger partial charge in [0.05, 0.1) is 10.9 Å². The lowest BCUT2D eigenvalue weighted by Gasteiger charge is -2.21. The van der Waals surface area contributed by atoms with Crippen molar-refractivity contribution >= 4 is 15.5 Å². The van der Waals surface area contributed by atoms with E-state index in [0.717, 1.165) is 24.9 Å². The number of nitrogens with zero attached hydrogens (tertiary/aromatic N) is 1. The van der Waals surface area contributed by atoms with Crippen molar-refractivity contribution in [1.82, 2.24) is 4.57 Å². The van der Waals surface area contributed by atoms with Gasteiger partial charge in [0, 0.05) is 31.1 Å². The Morgan fingerprint density at radius 3 is 2.75 bits per heavy atom. The van der Waals surface area contributed by atoms with E-state index in [1.165, 1.54) is 12.3 Å². The van der Waals surface area contributed by atoms with Crippen molar-refractivity contribution in [1.29, 1.82) is 0 Å². The molecule has 0 aliphatic heterocycles. The van der Waals surface area contributed by atoms with E-state index in [9.17, 15) is 13.2 Å². The van der Waals surface area contributed by atoms with Crippen molar-refractivity contribution in [2.24, 2.45) is 0 Å². The van der Waals surface area contributed by atoms with Crippen LogP contribution >= 0.6 is 0 Å². The summed E-state index contributed by atoms with van der Waals surface area (Å²) in [6, 6.07) is 3.20. The molecule has 0 saturated heterocycles. The predicted octanol–water partition coefficient (Wildman–Crippen LogP) is 1.64. The Hall–Kier alpha value is -1.30. The molecule has 1 aromatic heterocycles. The number of hydrogen-bond acceptors (Lipinski definition) is 4. The zero-order valence-corrected chi connectivity index (χ0v) is 12.8. The second-order valence-corrected chi connectivity index (χ2v) is 7.76. The number of aromatic nitrogens is 1. The van der Waals surface area contributed by atoms with Gasteiger partial charge in [-0.2, -0.15) is 0 Å². The van der Waals surface area contributed by atoms with Crippen LogP contribution in [0, 0.1) is 0 Å². The molecular formula is C14H22N2O3S. The van der Waals surface area contributed by atoms with Gasteiger partial charge in [-0.15, -0.1) is 0 Å². The molecule has 1 fully saturated rings. The van der Waals surface area contributed by atoms with E-state index in [0.29, 0.717) is 13.0 Å². The maximum absolute atomic E-state index is 11.8. The predicted molar refractivity (Wildman–Crippen MR) is 80.9 cm³/mol. The highest BCUT2D eigenvalue weighted by molar-refractivity contribution is 7.91. The van der Waals surface area contributed by atoms with E-state index in [1.807, 2.05) is 6.92 Å². The number of pyridine rings is 1. The van der Waals surface area contributed by atoms with Gasteiger partial charge in [0.25, 0.3) is 5.56 Å². The second-order valence-electron chi connectivity index (χ2n) is 5.50. The van der Waals surface area contributed by atoms with Gasteiger partial charge < -0.3 is 9.88 Å².